The van der Waals surface area contributed by atoms with E-state index in [2.05, 4.69) is 0 Å². The summed E-state index contributed by atoms with van der Waals surface area (Å²) in [6, 6.07) is 17.3. The molecule has 7 nitrogen and oxygen atoms in total. The average Bonchev–Trinajstić information content (AvgIpc) is 3.47. The maximum atomic E-state index is 13.7. The van der Waals surface area contributed by atoms with Gasteiger partial charge in [0.05, 0.1) is 17.0 Å². The fourth-order valence-electron chi connectivity index (χ4n) is 4.15. The highest BCUT2D eigenvalue weighted by Gasteiger charge is 2.33. The second-order valence-corrected chi connectivity index (χ2v) is 11.7. The lowest BCUT2D eigenvalue weighted by Crippen LogP contribution is -2.27. The van der Waals surface area contributed by atoms with Crippen molar-refractivity contribution >= 4 is 57.7 Å². The van der Waals surface area contributed by atoms with E-state index in [1.54, 1.807) is 12.3 Å². The molecule has 0 spiro atoms. The number of aromatic nitrogens is 2. The first-order chi connectivity index (χ1) is 18.4. The number of amides is 1. The number of thiocarbonyl (C=S) groups is 1. The summed E-state index contributed by atoms with van der Waals surface area (Å²) in [6.45, 7) is 4.41. The normalized spacial score (nSPS) is 15.7. The number of hydrogen-bond donors (Lipinski definition) is 0. The Morgan fingerprint density at radius 3 is 2.61 bits per heavy atom. The molecule has 0 unspecified atom stereocenters. The van der Waals surface area contributed by atoms with Gasteiger partial charge in [0.2, 0.25) is 6.79 Å². The molecule has 2 aromatic heterocycles. The predicted molar refractivity (Wildman–Crippen MR) is 153 cm³/mol. The van der Waals surface area contributed by atoms with Crippen LogP contribution in [0.4, 0.5) is 0 Å². The molecule has 2 aromatic carbocycles. The Labute approximate surface area is 232 Å². The molecule has 0 atom stereocenters. The second-order valence-electron chi connectivity index (χ2n) is 8.94. The van der Waals surface area contributed by atoms with Gasteiger partial charge in [0.15, 0.2) is 11.5 Å². The summed E-state index contributed by atoms with van der Waals surface area (Å²) in [7, 11) is 0. The molecular formula is C28H21N3O4S3. The quantitative estimate of drug-likeness (QED) is 0.178. The standard InChI is InChI=1S/C28H21N3O4S3/c1-16-3-7-19(8-4-16)37-25-20(26(32)30-13-17(2)5-10-24(30)29-25)12-23-27(33)31(28(36)38-23)14-18-6-9-21-22(11-18)35-15-34-21/h3-13H,14-15H2,1-2H3/b23-12+. The number of fused-ring (bicyclic) bond motifs is 2. The largest absolute Gasteiger partial charge is 0.454 e. The number of ether oxygens (including phenoxy) is 2. The minimum absolute atomic E-state index is 0.181. The highest BCUT2D eigenvalue weighted by Crippen LogP contribution is 2.37. The fraction of sp³-hybridized carbons (Fsp3) is 0.143. The van der Waals surface area contributed by atoms with Crippen LogP contribution in [-0.2, 0) is 11.3 Å². The van der Waals surface area contributed by atoms with Gasteiger partial charge in [-0.2, -0.15) is 0 Å². The number of benzene rings is 2. The number of thioether (sulfide) groups is 1. The van der Waals surface area contributed by atoms with Crippen LogP contribution in [-0.4, -0.2) is 31.3 Å². The SMILES string of the molecule is Cc1ccc(Sc2nc3ccc(C)cn3c(=O)c2/C=C2/SC(=S)N(Cc3ccc4c(c3)OCO4)C2=O)cc1. The van der Waals surface area contributed by atoms with Crippen LogP contribution in [0.5, 0.6) is 11.5 Å². The number of nitrogens with zero attached hydrogens (tertiary/aromatic N) is 3. The van der Waals surface area contributed by atoms with E-state index in [1.165, 1.54) is 32.8 Å². The molecule has 2 aliphatic rings. The van der Waals surface area contributed by atoms with Gasteiger partial charge in [-0.15, -0.1) is 0 Å². The lowest BCUT2D eigenvalue weighted by molar-refractivity contribution is -0.122. The highest BCUT2D eigenvalue weighted by atomic mass is 32.2. The third-order valence-electron chi connectivity index (χ3n) is 6.13. The third kappa shape index (κ3) is 4.70. The summed E-state index contributed by atoms with van der Waals surface area (Å²) in [5, 5.41) is 0.531. The molecule has 0 aliphatic carbocycles. The highest BCUT2D eigenvalue weighted by molar-refractivity contribution is 8.26. The van der Waals surface area contributed by atoms with Crippen LogP contribution < -0.4 is 15.0 Å². The van der Waals surface area contributed by atoms with Crippen molar-refractivity contribution in [3.8, 4) is 11.5 Å². The average molecular weight is 560 g/mol. The van der Waals surface area contributed by atoms with Gasteiger partial charge in [0.1, 0.15) is 15.0 Å². The van der Waals surface area contributed by atoms with Crippen molar-refractivity contribution in [1.29, 1.82) is 0 Å². The van der Waals surface area contributed by atoms with E-state index in [-0.39, 0.29) is 24.8 Å². The predicted octanol–water partition coefficient (Wildman–Crippen LogP) is 5.59. The van der Waals surface area contributed by atoms with Crippen LogP contribution in [0.25, 0.3) is 11.7 Å². The molecule has 190 valence electrons. The monoisotopic (exact) mass is 559 g/mol. The molecule has 0 N–H and O–H groups in total. The van der Waals surface area contributed by atoms with Crippen LogP contribution in [0, 0.1) is 13.8 Å². The molecular weight excluding hydrogens is 539 g/mol. The first-order valence-electron chi connectivity index (χ1n) is 11.8. The third-order valence-corrected chi connectivity index (χ3v) is 8.52. The van der Waals surface area contributed by atoms with Gasteiger partial charge in [-0.3, -0.25) is 18.9 Å². The van der Waals surface area contributed by atoms with Crippen molar-refractivity contribution in [2.75, 3.05) is 6.79 Å². The van der Waals surface area contributed by atoms with Crippen LogP contribution in [0.15, 0.2) is 80.4 Å². The maximum absolute atomic E-state index is 13.7. The lowest BCUT2D eigenvalue weighted by atomic mass is 10.2. The van der Waals surface area contributed by atoms with Gasteiger partial charge >= 0.3 is 0 Å². The lowest BCUT2D eigenvalue weighted by Gasteiger charge is -2.14. The van der Waals surface area contributed by atoms with Gasteiger partial charge in [-0.05, 0) is 61.4 Å². The molecule has 1 amide bonds. The number of carbonyl (C=O) groups excluding carboxylic acids is 1. The van der Waals surface area contributed by atoms with Crippen LogP contribution in [0.3, 0.4) is 0 Å². The number of hydrogen-bond acceptors (Lipinski definition) is 8. The Balaban J connectivity index is 1.38. The zero-order chi connectivity index (χ0) is 26.4. The minimum atomic E-state index is -0.252. The first kappa shape index (κ1) is 24.7. The number of carbonyl (C=O) groups is 1. The van der Waals surface area contributed by atoms with E-state index in [0.717, 1.165) is 21.6 Å². The van der Waals surface area contributed by atoms with Gasteiger partial charge in [0.25, 0.3) is 11.5 Å². The Hall–Kier alpha value is -3.60. The number of pyridine rings is 1. The molecule has 0 bridgehead atoms. The van der Waals surface area contributed by atoms with Crippen molar-refractivity contribution in [2.24, 2.45) is 0 Å². The van der Waals surface area contributed by atoms with Crippen LogP contribution >= 0.6 is 35.7 Å². The molecule has 10 heteroatoms. The Bertz CT molecular complexity index is 1710. The summed E-state index contributed by atoms with van der Waals surface area (Å²) in [5.41, 5.74) is 3.59. The Morgan fingerprint density at radius 1 is 1.03 bits per heavy atom. The molecule has 1 fully saturated rings. The number of rotatable bonds is 5. The summed E-state index contributed by atoms with van der Waals surface area (Å²) < 4.78 is 12.8. The van der Waals surface area contributed by atoms with Crippen molar-refractivity contribution in [2.45, 2.75) is 30.3 Å². The summed E-state index contributed by atoms with van der Waals surface area (Å²) in [5.74, 6) is 1.07. The van der Waals surface area contributed by atoms with Gasteiger partial charge < -0.3 is 9.47 Å². The van der Waals surface area contributed by atoms with Crippen molar-refractivity contribution in [3.63, 3.8) is 0 Å². The van der Waals surface area contributed by atoms with E-state index in [4.69, 9.17) is 26.7 Å². The van der Waals surface area contributed by atoms with E-state index in [9.17, 15) is 9.59 Å². The smallest absolute Gasteiger partial charge is 0.266 e. The summed E-state index contributed by atoms with van der Waals surface area (Å²) in [6.07, 6.45) is 3.38. The Morgan fingerprint density at radius 2 is 1.79 bits per heavy atom. The molecule has 0 saturated carbocycles. The van der Waals surface area contributed by atoms with E-state index in [1.807, 2.05) is 68.4 Å². The maximum Gasteiger partial charge on any atom is 0.266 e. The first-order valence-corrected chi connectivity index (χ1v) is 13.8. The zero-order valence-electron chi connectivity index (χ0n) is 20.5. The molecule has 0 radical (unpaired) electrons. The second kappa shape index (κ2) is 9.94. The molecule has 38 heavy (non-hydrogen) atoms. The van der Waals surface area contributed by atoms with Crippen molar-refractivity contribution in [3.05, 3.63) is 98.3 Å². The van der Waals surface area contributed by atoms with Crippen molar-refractivity contribution < 1.29 is 14.3 Å². The van der Waals surface area contributed by atoms with Crippen LogP contribution in [0.2, 0.25) is 0 Å². The van der Waals surface area contributed by atoms with Gasteiger partial charge in [-0.25, -0.2) is 4.98 Å². The summed E-state index contributed by atoms with van der Waals surface area (Å²) in [4.78, 5) is 34.8. The van der Waals surface area contributed by atoms with Crippen LogP contribution in [0.1, 0.15) is 22.3 Å². The topological polar surface area (TPSA) is 73.1 Å². The molecule has 4 aromatic rings. The zero-order valence-corrected chi connectivity index (χ0v) is 22.9. The fourth-order valence-corrected chi connectivity index (χ4v) is 6.27. The van der Waals surface area contributed by atoms with Gasteiger partial charge in [0, 0.05) is 11.1 Å². The van der Waals surface area contributed by atoms with E-state index < -0.39 is 0 Å². The summed E-state index contributed by atoms with van der Waals surface area (Å²) >= 11 is 8.13. The van der Waals surface area contributed by atoms with E-state index in [0.29, 0.717) is 37.0 Å². The van der Waals surface area contributed by atoms with Gasteiger partial charge in [-0.1, -0.05) is 65.6 Å². The number of aryl methyl sites for hydroxylation is 2. The van der Waals surface area contributed by atoms with E-state index >= 15 is 0 Å². The minimum Gasteiger partial charge on any atom is -0.454 e. The van der Waals surface area contributed by atoms with Crippen molar-refractivity contribution in [1.82, 2.24) is 14.3 Å². The molecule has 1 saturated heterocycles. The molecule has 2 aliphatic heterocycles. The molecule has 6 rings (SSSR count). The Kier molecular flexibility index (Phi) is 6.46. The molecule has 4 heterocycles.